The van der Waals surface area contributed by atoms with Crippen LogP contribution in [0, 0.1) is 5.92 Å². The van der Waals surface area contributed by atoms with Crippen LogP contribution in [0.3, 0.4) is 0 Å². The molecule has 0 saturated carbocycles. The van der Waals surface area contributed by atoms with E-state index in [2.05, 4.69) is 38.7 Å². The zero-order valence-electron chi connectivity index (χ0n) is 35.5. The summed E-state index contributed by atoms with van der Waals surface area (Å²) in [5.74, 6) is 1.56. The van der Waals surface area contributed by atoms with Gasteiger partial charge in [0, 0.05) is 67.1 Å². The lowest BCUT2D eigenvalue weighted by Crippen LogP contribution is -2.52. The van der Waals surface area contributed by atoms with Crippen molar-refractivity contribution < 1.29 is 24.0 Å². The van der Waals surface area contributed by atoms with Crippen molar-refractivity contribution in [3.05, 3.63) is 101 Å². The number of rotatable bonds is 19. The first-order valence-corrected chi connectivity index (χ1v) is 23.7. The molecule has 61 heavy (non-hydrogen) atoms. The zero-order valence-corrected chi connectivity index (χ0v) is 36.3. The molecule has 1 unspecified atom stereocenters. The Bertz CT molecular complexity index is 1990. The molecular formula is C49H62N6O5S. The monoisotopic (exact) mass is 846 g/mol. The molecular weight excluding hydrogens is 785 g/mol. The summed E-state index contributed by atoms with van der Waals surface area (Å²) in [6, 6.07) is 17.7. The van der Waals surface area contributed by atoms with E-state index in [9.17, 15) is 24.0 Å². The molecule has 5 amide bonds. The maximum absolute atomic E-state index is 13.4. The number of pyridine rings is 1. The van der Waals surface area contributed by atoms with Crippen LogP contribution < -0.4 is 10.6 Å². The van der Waals surface area contributed by atoms with Crippen molar-refractivity contribution in [3.8, 4) is 0 Å². The first-order chi connectivity index (χ1) is 29.8. The van der Waals surface area contributed by atoms with Gasteiger partial charge in [0.25, 0.3) is 11.8 Å². The van der Waals surface area contributed by atoms with E-state index >= 15 is 0 Å². The van der Waals surface area contributed by atoms with Gasteiger partial charge in [-0.2, -0.15) is 0 Å². The second kappa shape index (κ2) is 22.3. The SMILES string of the molecule is O=C(/C=C/c1cccnc1)NCCCCC1CCN(C(=O)c2ccc(C3CCN(CCCCCCCSc4ccc5c(c4)CN(C4CCC(=O)NC4=O)C5=O)CC3)cc2)CC1. The average Bonchev–Trinajstić information content (AvgIpc) is 3.61. The van der Waals surface area contributed by atoms with E-state index in [1.165, 1.54) is 50.6 Å². The topological polar surface area (TPSA) is 132 Å². The first kappa shape index (κ1) is 44.3. The standard InChI is InChI=1S/C49H62N6O5S/c56-45(19-11-37-10-8-25-50-34-37)51-26-5-4-9-36-21-30-54(31-22-36)48(59)40-14-12-38(13-15-40)39-23-28-53(29-24-39)27-6-2-1-3-7-32-61-42-16-17-43-41(33-42)35-55(49(43)60)44-18-20-46(57)52-47(44)58/h8,10-17,19,25,33-34,36,39,44H,1-7,9,18,20-24,26-32,35H2,(H,51,56)(H,52,57,58)/b19-11+. The molecule has 324 valence electrons. The highest BCUT2D eigenvalue weighted by Crippen LogP contribution is 2.32. The van der Waals surface area contributed by atoms with E-state index in [-0.39, 0.29) is 36.0 Å². The van der Waals surface area contributed by atoms with Crippen molar-refractivity contribution in [2.24, 2.45) is 5.92 Å². The molecule has 3 aromatic rings. The number of fused-ring (bicyclic) bond motifs is 1. The van der Waals surface area contributed by atoms with Crippen molar-refractivity contribution >= 4 is 47.4 Å². The van der Waals surface area contributed by atoms with Crippen molar-refractivity contribution in [1.82, 2.24) is 30.3 Å². The number of nitrogens with one attached hydrogen (secondary N) is 2. The number of carbonyl (C=O) groups is 5. The Balaban J connectivity index is 0.702. The van der Waals surface area contributed by atoms with Gasteiger partial charge >= 0.3 is 0 Å². The summed E-state index contributed by atoms with van der Waals surface area (Å²) in [5, 5.41) is 5.34. The summed E-state index contributed by atoms with van der Waals surface area (Å²) < 4.78 is 0. The molecule has 2 aromatic carbocycles. The fourth-order valence-electron chi connectivity index (χ4n) is 9.27. The smallest absolute Gasteiger partial charge is 0.255 e. The second-order valence-electron chi connectivity index (χ2n) is 17.2. The highest BCUT2D eigenvalue weighted by molar-refractivity contribution is 7.99. The third kappa shape index (κ3) is 12.6. The van der Waals surface area contributed by atoms with Gasteiger partial charge in [-0.25, -0.2) is 0 Å². The van der Waals surface area contributed by atoms with Gasteiger partial charge in [-0.3, -0.25) is 34.3 Å². The van der Waals surface area contributed by atoms with Crippen LogP contribution in [-0.4, -0.2) is 100 Å². The van der Waals surface area contributed by atoms with Crippen LogP contribution in [0.5, 0.6) is 0 Å². The molecule has 1 atom stereocenters. The molecule has 0 bridgehead atoms. The Morgan fingerprint density at radius 1 is 0.852 bits per heavy atom. The summed E-state index contributed by atoms with van der Waals surface area (Å²) in [7, 11) is 0. The number of piperidine rings is 3. The molecule has 4 aliphatic heterocycles. The van der Waals surface area contributed by atoms with E-state index in [1.54, 1.807) is 29.4 Å². The minimum absolute atomic E-state index is 0.0765. The van der Waals surface area contributed by atoms with Crippen LogP contribution in [0.25, 0.3) is 6.08 Å². The molecule has 0 spiro atoms. The highest BCUT2D eigenvalue weighted by Gasteiger charge is 2.39. The van der Waals surface area contributed by atoms with E-state index in [0.29, 0.717) is 36.9 Å². The Labute approximate surface area is 365 Å². The Kier molecular flexibility index (Phi) is 16.2. The fraction of sp³-hybridized carbons (Fsp3) is 0.510. The van der Waals surface area contributed by atoms with Gasteiger partial charge in [-0.05, 0) is 148 Å². The number of amides is 5. The van der Waals surface area contributed by atoms with Crippen molar-refractivity contribution in [1.29, 1.82) is 0 Å². The number of nitrogens with zero attached hydrogens (tertiary/aromatic N) is 4. The summed E-state index contributed by atoms with van der Waals surface area (Å²) in [6.07, 6.45) is 21.1. The summed E-state index contributed by atoms with van der Waals surface area (Å²) in [6.45, 7) is 6.16. The Hall–Kier alpha value is -4.81. The van der Waals surface area contributed by atoms with E-state index in [0.717, 1.165) is 92.0 Å². The van der Waals surface area contributed by atoms with Gasteiger partial charge < -0.3 is 20.0 Å². The maximum atomic E-state index is 13.4. The molecule has 3 fully saturated rings. The molecule has 3 saturated heterocycles. The van der Waals surface area contributed by atoms with Crippen LogP contribution in [-0.2, 0) is 20.9 Å². The quantitative estimate of drug-likeness (QED) is 0.0546. The van der Waals surface area contributed by atoms with E-state index < -0.39 is 6.04 Å². The molecule has 11 nitrogen and oxygen atoms in total. The summed E-state index contributed by atoms with van der Waals surface area (Å²) in [4.78, 5) is 73.8. The number of carbonyl (C=O) groups excluding carboxylic acids is 5. The number of imide groups is 1. The molecule has 0 aliphatic carbocycles. The predicted molar refractivity (Wildman–Crippen MR) is 240 cm³/mol. The molecule has 5 heterocycles. The van der Waals surface area contributed by atoms with Gasteiger partial charge in [-0.15, -0.1) is 11.8 Å². The molecule has 2 N–H and O–H groups in total. The minimum atomic E-state index is -0.575. The first-order valence-electron chi connectivity index (χ1n) is 22.7. The number of likely N-dealkylation sites (tertiary alicyclic amines) is 2. The predicted octanol–water partition coefficient (Wildman–Crippen LogP) is 7.62. The molecule has 0 radical (unpaired) electrons. The van der Waals surface area contributed by atoms with Gasteiger partial charge in [0.2, 0.25) is 17.7 Å². The lowest BCUT2D eigenvalue weighted by Gasteiger charge is -2.33. The Morgan fingerprint density at radius 2 is 1.64 bits per heavy atom. The normalized spacial score (nSPS) is 19.1. The number of hydrogen-bond acceptors (Lipinski definition) is 8. The average molecular weight is 847 g/mol. The number of benzene rings is 2. The van der Waals surface area contributed by atoms with Crippen LogP contribution in [0.4, 0.5) is 0 Å². The maximum Gasteiger partial charge on any atom is 0.255 e. The molecule has 1 aromatic heterocycles. The minimum Gasteiger partial charge on any atom is -0.353 e. The summed E-state index contributed by atoms with van der Waals surface area (Å²) in [5.41, 5.74) is 4.70. The van der Waals surface area contributed by atoms with Gasteiger partial charge in [0.15, 0.2) is 0 Å². The van der Waals surface area contributed by atoms with Crippen LogP contribution in [0.15, 0.2) is 78.0 Å². The van der Waals surface area contributed by atoms with Crippen molar-refractivity contribution in [3.63, 3.8) is 0 Å². The lowest BCUT2D eigenvalue weighted by atomic mass is 9.88. The van der Waals surface area contributed by atoms with E-state index in [1.807, 2.05) is 53.1 Å². The third-order valence-corrected chi connectivity index (χ3v) is 14.0. The largest absolute Gasteiger partial charge is 0.353 e. The van der Waals surface area contributed by atoms with Gasteiger partial charge in [-0.1, -0.05) is 50.3 Å². The number of aromatic nitrogens is 1. The van der Waals surface area contributed by atoms with E-state index in [4.69, 9.17) is 0 Å². The molecule has 12 heteroatoms. The lowest BCUT2D eigenvalue weighted by molar-refractivity contribution is -0.137. The highest BCUT2D eigenvalue weighted by atomic mass is 32.2. The van der Waals surface area contributed by atoms with Crippen molar-refractivity contribution in [2.45, 2.75) is 113 Å². The zero-order chi connectivity index (χ0) is 42.4. The van der Waals surface area contributed by atoms with Crippen LogP contribution in [0.1, 0.15) is 133 Å². The Morgan fingerprint density at radius 3 is 2.41 bits per heavy atom. The number of hydrogen-bond donors (Lipinski definition) is 2. The molecule has 4 aliphatic rings. The van der Waals surface area contributed by atoms with Crippen LogP contribution >= 0.6 is 11.8 Å². The fourth-order valence-corrected chi connectivity index (χ4v) is 10.2. The number of unbranched alkanes of at least 4 members (excludes halogenated alkanes) is 5. The van der Waals surface area contributed by atoms with Crippen molar-refractivity contribution in [2.75, 3.05) is 45.0 Å². The molecule has 7 rings (SSSR count). The van der Waals surface area contributed by atoms with Gasteiger partial charge in [0.05, 0.1) is 0 Å². The summed E-state index contributed by atoms with van der Waals surface area (Å²) >= 11 is 1.83. The number of thioether (sulfide) groups is 1. The third-order valence-electron chi connectivity index (χ3n) is 13.0. The van der Waals surface area contributed by atoms with Gasteiger partial charge in [0.1, 0.15) is 6.04 Å². The van der Waals surface area contributed by atoms with Crippen LogP contribution in [0.2, 0.25) is 0 Å². The second-order valence-corrected chi connectivity index (χ2v) is 18.4.